The van der Waals surface area contributed by atoms with Gasteiger partial charge in [0.05, 0.1) is 0 Å². The zero-order valence-corrected chi connectivity index (χ0v) is 8.32. The van der Waals surface area contributed by atoms with E-state index in [0.717, 1.165) is 5.92 Å². The summed E-state index contributed by atoms with van der Waals surface area (Å²) in [7, 11) is 0. The summed E-state index contributed by atoms with van der Waals surface area (Å²) in [6, 6.07) is 8.82. The minimum atomic E-state index is 0.759. The molecular weight excluding hydrogens is 170 g/mol. The van der Waals surface area contributed by atoms with Crippen molar-refractivity contribution >= 4 is 6.08 Å². The van der Waals surface area contributed by atoms with Gasteiger partial charge in [0.25, 0.3) is 0 Å². The van der Waals surface area contributed by atoms with Crippen molar-refractivity contribution in [2.24, 2.45) is 0 Å². The molecule has 3 rings (SSSR count). The third-order valence-electron chi connectivity index (χ3n) is 3.35. The van der Waals surface area contributed by atoms with Crippen LogP contribution in [0.3, 0.4) is 0 Å². The molecule has 0 aliphatic carbocycles. The maximum absolute atomic E-state index is 2.45. The highest BCUT2D eigenvalue weighted by Gasteiger charge is 2.22. The fourth-order valence-corrected chi connectivity index (χ4v) is 2.62. The second-order valence-corrected chi connectivity index (χ2v) is 4.28. The molecule has 1 aromatic carbocycles. The molecule has 1 atom stereocenters. The molecule has 2 heterocycles. The number of benzene rings is 1. The monoisotopic (exact) mass is 185 g/mol. The Hall–Kier alpha value is -1.24. The number of rotatable bonds is 0. The Bertz CT molecular complexity index is 367. The van der Waals surface area contributed by atoms with Gasteiger partial charge in [0.1, 0.15) is 0 Å². The van der Waals surface area contributed by atoms with Gasteiger partial charge in [-0.1, -0.05) is 24.3 Å². The Morgan fingerprint density at radius 1 is 1.21 bits per heavy atom. The maximum atomic E-state index is 2.45. The molecule has 2 aliphatic rings. The Morgan fingerprint density at radius 3 is 3.14 bits per heavy atom. The van der Waals surface area contributed by atoms with Gasteiger partial charge >= 0.3 is 0 Å². The van der Waals surface area contributed by atoms with Crippen LogP contribution in [0.5, 0.6) is 0 Å². The average molecular weight is 185 g/mol. The fourth-order valence-electron chi connectivity index (χ4n) is 2.62. The quantitative estimate of drug-likeness (QED) is 0.600. The van der Waals surface area contributed by atoms with E-state index < -0.39 is 0 Å². The number of piperidine rings is 1. The number of hydrogen-bond acceptors (Lipinski definition) is 1. The summed E-state index contributed by atoms with van der Waals surface area (Å²) < 4.78 is 0. The minimum Gasteiger partial charge on any atom is -0.377 e. The molecule has 1 saturated heterocycles. The van der Waals surface area contributed by atoms with Crippen molar-refractivity contribution in [1.82, 2.24) is 4.90 Å². The van der Waals surface area contributed by atoms with E-state index in [9.17, 15) is 0 Å². The molecule has 0 radical (unpaired) electrons. The first-order valence-electron chi connectivity index (χ1n) is 5.45. The maximum Gasteiger partial charge on any atom is 0.0241 e. The second-order valence-electron chi connectivity index (χ2n) is 4.28. The summed E-state index contributed by atoms with van der Waals surface area (Å²) in [5.74, 6) is 0.759. The molecule has 0 amide bonds. The van der Waals surface area contributed by atoms with Crippen LogP contribution in [0.15, 0.2) is 30.5 Å². The van der Waals surface area contributed by atoms with E-state index in [1.807, 2.05) is 0 Å². The summed E-state index contributed by atoms with van der Waals surface area (Å²) in [6.45, 7) is 2.45. The highest BCUT2D eigenvalue weighted by Crippen LogP contribution is 2.32. The molecule has 1 nitrogen and oxygen atoms in total. The molecule has 72 valence electrons. The standard InChI is InChI=1S/C13H15N/c1-2-6-13-11(4-1)7-9-14-8-3-5-12(13)10-14/h1-2,4,6-7,9,12H,3,5,8,10H2. The molecule has 2 aliphatic heterocycles. The zero-order valence-electron chi connectivity index (χ0n) is 8.32. The molecule has 2 bridgehead atoms. The van der Waals surface area contributed by atoms with Crippen LogP contribution in [0.2, 0.25) is 0 Å². The van der Waals surface area contributed by atoms with Crippen LogP contribution in [0.25, 0.3) is 6.08 Å². The lowest BCUT2D eigenvalue weighted by molar-refractivity contribution is 0.284. The van der Waals surface area contributed by atoms with Gasteiger partial charge < -0.3 is 4.90 Å². The van der Waals surface area contributed by atoms with Crippen LogP contribution in [-0.2, 0) is 0 Å². The van der Waals surface area contributed by atoms with Gasteiger partial charge in [-0.05, 0) is 36.2 Å². The molecule has 0 aromatic heterocycles. The van der Waals surface area contributed by atoms with Gasteiger partial charge in [-0.2, -0.15) is 0 Å². The molecule has 0 N–H and O–H groups in total. The third-order valence-corrected chi connectivity index (χ3v) is 3.35. The van der Waals surface area contributed by atoms with Crippen LogP contribution in [0.4, 0.5) is 0 Å². The van der Waals surface area contributed by atoms with Crippen LogP contribution in [0.1, 0.15) is 29.9 Å². The lowest BCUT2D eigenvalue weighted by Crippen LogP contribution is -2.29. The number of hydrogen-bond donors (Lipinski definition) is 0. The summed E-state index contributed by atoms with van der Waals surface area (Å²) in [5.41, 5.74) is 2.97. The molecule has 0 spiro atoms. The Kier molecular flexibility index (Phi) is 1.83. The van der Waals surface area contributed by atoms with Crippen LogP contribution >= 0.6 is 0 Å². The van der Waals surface area contributed by atoms with Crippen molar-refractivity contribution in [1.29, 1.82) is 0 Å². The van der Waals surface area contributed by atoms with E-state index in [4.69, 9.17) is 0 Å². The molecule has 14 heavy (non-hydrogen) atoms. The molecule has 1 unspecified atom stereocenters. The molecule has 0 saturated carbocycles. The van der Waals surface area contributed by atoms with Crippen molar-refractivity contribution < 1.29 is 0 Å². The second kappa shape index (κ2) is 3.16. The highest BCUT2D eigenvalue weighted by atomic mass is 15.1. The Labute approximate surface area is 85.0 Å². The molecule has 1 fully saturated rings. The van der Waals surface area contributed by atoms with Gasteiger partial charge in [-0.25, -0.2) is 0 Å². The van der Waals surface area contributed by atoms with E-state index in [0.29, 0.717) is 0 Å². The predicted molar refractivity (Wildman–Crippen MR) is 59.0 cm³/mol. The van der Waals surface area contributed by atoms with E-state index in [2.05, 4.69) is 41.4 Å². The predicted octanol–water partition coefficient (Wildman–Crippen LogP) is 2.85. The smallest absolute Gasteiger partial charge is 0.0241 e. The van der Waals surface area contributed by atoms with Crippen molar-refractivity contribution in [3.63, 3.8) is 0 Å². The van der Waals surface area contributed by atoms with Crippen LogP contribution in [-0.4, -0.2) is 18.0 Å². The van der Waals surface area contributed by atoms with Gasteiger partial charge in [0, 0.05) is 19.0 Å². The van der Waals surface area contributed by atoms with Crippen LogP contribution < -0.4 is 0 Å². The minimum absolute atomic E-state index is 0.759. The zero-order chi connectivity index (χ0) is 9.38. The number of nitrogens with zero attached hydrogens (tertiary/aromatic N) is 1. The Balaban J connectivity index is 2.09. The first-order valence-corrected chi connectivity index (χ1v) is 5.45. The summed E-state index contributed by atoms with van der Waals surface area (Å²) >= 11 is 0. The van der Waals surface area contributed by atoms with Gasteiger partial charge in [-0.3, -0.25) is 0 Å². The van der Waals surface area contributed by atoms with Crippen molar-refractivity contribution in [2.75, 3.05) is 13.1 Å². The summed E-state index contributed by atoms with van der Waals surface area (Å²) in [5, 5.41) is 0. The van der Waals surface area contributed by atoms with Crippen LogP contribution in [0, 0.1) is 0 Å². The van der Waals surface area contributed by atoms with E-state index in [-0.39, 0.29) is 0 Å². The molecular formula is C13H15N. The van der Waals surface area contributed by atoms with E-state index >= 15 is 0 Å². The summed E-state index contributed by atoms with van der Waals surface area (Å²) in [4.78, 5) is 2.45. The van der Waals surface area contributed by atoms with E-state index in [1.165, 1.54) is 31.5 Å². The number of fused-ring (bicyclic) bond motifs is 4. The topological polar surface area (TPSA) is 3.24 Å². The first kappa shape index (κ1) is 8.10. The van der Waals surface area contributed by atoms with Gasteiger partial charge in [0.15, 0.2) is 0 Å². The first-order chi connectivity index (χ1) is 6.93. The lowest BCUT2D eigenvalue weighted by Gasteiger charge is -2.30. The third kappa shape index (κ3) is 1.24. The highest BCUT2D eigenvalue weighted by molar-refractivity contribution is 5.56. The van der Waals surface area contributed by atoms with Crippen molar-refractivity contribution in [2.45, 2.75) is 18.8 Å². The lowest BCUT2D eigenvalue weighted by atomic mass is 9.89. The largest absolute Gasteiger partial charge is 0.377 e. The Morgan fingerprint density at radius 2 is 2.14 bits per heavy atom. The normalized spacial score (nSPS) is 24.3. The van der Waals surface area contributed by atoms with Gasteiger partial charge in [0.2, 0.25) is 0 Å². The van der Waals surface area contributed by atoms with Gasteiger partial charge in [-0.15, -0.1) is 0 Å². The summed E-state index contributed by atoms with van der Waals surface area (Å²) in [6.07, 6.45) is 7.22. The van der Waals surface area contributed by atoms with Crippen molar-refractivity contribution in [3.8, 4) is 0 Å². The average Bonchev–Trinajstić information content (AvgIpc) is 2.38. The molecule has 1 heteroatoms. The van der Waals surface area contributed by atoms with E-state index in [1.54, 1.807) is 5.56 Å². The SMILES string of the molecule is C1=CN2CCCC(C2)c2ccccc21. The fraction of sp³-hybridized carbons (Fsp3) is 0.385. The molecule has 1 aromatic rings. The van der Waals surface area contributed by atoms with Crippen molar-refractivity contribution in [3.05, 3.63) is 41.6 Å².